The van der Waals surface area contributed by atoms with Gasteiger partial charge in [-0.1, -0.05) is 6.92 Å². The summed E-state index contributed by atoms with van der Waals surface area (Å²) in [6, 6.07) is 2.08. The lowest BCUT2D eigenvalue weighted by molar-refractivity contribution is 0.0937. The number of thioether (sulfide) groups is 1. The highest BCUT2D eigenvalue weighted by atomic mass is 32.2. The molecule has 76 valence electrons. The molecule has 1 nitrogen and oxygen atoms in total. The predicted octanol–water partition coefficient (Wildman–Crippen LogP) is 3.25. The standard InChI is InChI=1S/C11H14OS2/c1-2-8-4-6-14-11(8)10(12)9-3-5-13-7-9/h4,6,9H,2-3,5,7H2,1H3. The average molecular weight is 226 g/mol. The summed E-state index contributed by atoms with van der Waals surface area (Å²) in [5.41, 5.74) is 1.23. The van der Waals surface area contributed by atoms with Gasteiger partial charge < -0.3 is 0 Å². The molecule has 0 N–H and O–H groups in total. The van der Waals surface area contributed by atoms with Crippen LogP contribution in [-0.2, 0) is 6.42 Å². The molecule has 1 aromatic rings. The van der Waals surface area contributed by atoms with E-state index in [1.807, 2.05) is 17.1 Å². The molecule has 1 unspecified atom stereocenters. The molecular formula is C11H14OS2. The normalized spacial score (nSPS) is 21.4. The van der Waals surface area contributed by atoms with Gasteiger partial charge in [0.05, 0.1) is 4.88 Å². The zero-order valence-corrected chi connectivity index (χ0v) is 9.92. The van der Waals surface area contributed by atoms with Crippen LogP contribution in [0.2, 0.25) is 0 Å². The van der Waals surface area contributed by atoms with E-state index in [0.29, 0.717) is 11.7 Å². The van der Waals surface area contributed by atoms with E-state index in [1.165, 1.54) is 5.56 Å². The van der Waals surface area contributed by atoms with Crippen LogP contribution in [-0.4, -0.2) is 17.3 Å². The van der Waals surface area contributed by atoms with E-state index in [-0.39, 0.29) is 0 Å². The van der Waals surface area contributed by atoms with E-state index in [1.54, 1.807) is 11.3 Å². The van der Waals surface area contributed by atoms with Crippen molar-refractivity contribution in [3.63, 3.8) is 0 Å². The number of aryl methyl sites for hydroxylation is 1. The third kappa shape index (κ3) is 1.89. The average Bonchev–Trinajstić information content (AvgIpc) is 2.87. The topological polar surface area (TPSA) is 17.1 Å². The Bertz CT molecular complexity index is 324. The van der Waals surface area contributed by atoms with Crippen molar-refractivity contribution in [3.05, 3.63) is 21.9 Å². The van der Waals surface area contributed by atoms with Crippen LogP contribution in [0.5, 0.6) is 0 Å². The monoisotopic (exact) mass is 226 g/mol. The molecule has 2 heterocycles. The molecule has 0 saturated carbocycles. The van der Waals surface area contributed by atoms with Crippen molar-refractivity contribution in [2.75, 3.05) is 11.5 Å². The zero-order chi connectivity index (χ0) is 9.97. The zero-order valence-electron chi connectivity index (χ0n) is 8.29. The van der Waals surface area contributed by atoms with Gasteiger partial charge in [-0.05, 0) is 35.6 Å². The van der Waals surface area contributed by atoms with Gasteiger partial charge in [0.1, 0.15) is 0 Å². The molecule has 3 heteroatoms. The number of ketones is 1. The van der Waals surface area contributed by atoms with E-state index in [2.05, 4.69) is 13.0 Å². The number of carbonyl (C=O) groups excluding carboxylic acids is 1. The van der Waals surface area contributed by atoms with Gasteiger partial charge in [0.2, 0.25) is 0 Å². The maximum atomic E-state index is 12.1. The molecule has 1 saturated heterocycles. The first kappa shape index (κ1) is 10.2. The van der Waals surface area contributed by atoms with E-state index < -0.39 is 0 Å². The summed E-state index contributed by atoms with van der Waals surface area (Å²) in [5, 5.41) is 2.04. The van der Waals surface area contributed by atoms with Crippen LogP contribution in [0.1, 0.15) is 28.6 Å². The van der Waals surface area contributed by atoms with Crippen molar-refractivity contribution in [2.24, 2.45) is 5.92 Å². The fourth-order valence-corrected chi connectivity index (χ4v) is 3.99. The highest BCUT2D eigenvalue weighted by Crippen LogP contribution is 2.29. The maximum absolute atomic E-state index is 12.1. The Morgan fingerprint density at radius 3 is 3.14 bits per heavy atom. The SMILES string of the molecule is CCc1ccsc1C(=O)C1CCSC1. The van der Waals surface area contributed by atoms with Crippen LogP contribution in [0.3, 0.4) is 0 Å². The molecule has 14 heavy (non-hydrogen) atoms. The van der Waals surface area contributed by atoms with Crippen LogP contribution in [0.4, 0.5) is 0 Å². The van der Waals surface area contributed by atoms with Crippen LogP contribution in [0.25, 0.3) is 0 Å². The molecule has 0 amide bonds. The number of hydrogen-bond donors (Lipinski definition) is 0. The highest BCUT2D eigenvalue weighted by Gasteiger charge is 2.26. The third-order valence-electron chi connectivity index (χ3n) is 2.65. The second kappa shape index (κ2) is 4.49. The van der Waals surface area contributed by atoms with E-state index in [9.17, 15) is 4.79 Å². The molecule has 1 aromatic heterocycles. The van der Waals surface area contributed by atoms with E-state index >= 15 is 0 Å². The van der Waals surface area contributed by atoms with Crippen molar-refractivity contribution in [3.8, 4) is 0 Å². The van der Waals surface area contributed by atoms with E-state index in [4.69, 9.17) is 0 Å². The number of hydrogen-bond acceptors (Lipinski definition) is 3. The number of carbonyl (C=O) groups is 1. The van der Waals surface area contributed by atoms with Crippen LogP contribution < -0.4 is 0 Å². The Morgan fingerprint density at radius 2 is 2.50 bits per heavy atom. The summed E-state index contributed by atoms with van der Waals surface area (Å²) in [5.74, 6) is 2.87. The smallest absolute Gasteiger partial charge is 0.176 e. The fraction of sp³-hybridized carbons (Fsp3) is 0.545. The molecule has 0 radical (unpaired) electrons. The van der Waals surface area contributed by atoms with Gasteiger partial charge in [-0.15, -0.1) is 11.3 Å². The largest absolute Gasteiger partial charge is 0.293 e. The van der Waals surface area contributed by atoms with Gasteiger partial charge in [-0.3, -0.25) is 4.79 Å². The van der Waals surface area contributed by atoms with Crippen LogP contribution >= 0.6 is 23.1 Å². The summed E-state index contributed by atoms with van der Waals surface area (Å²) in [6.07, 6.45) is 2.05. The van der Waals surface area contributed by atoms with Crippen LogP contribution in [0, 0.1) is 5.92 Å². The van der Waals surface area contributed by atoms with Crippen LogP contribution in [0.15, 0.2) is 11.4 Å². The lowest BCUT2D eigenvalue weighted by atomic mass is 10.00. The summed E-state index contributed by atoms with van der Waals surface area (Å²) in [4.78, 5) is 13.1. The van der Waals surface area contributed by atoms with Gasteiger partial charge in [0.25, 0.3) is 0 Å². The van der Waals surface area contributed by atoms with Crippen molar-refractivity contribution >= 4 is 28.9 Å². The van der Waals surface area contributed by atoms with Crippen molar-refractivity contribution in [1.82, 2.24) is 0 Å². The molecular weight excluding hydrogens is 212 g/mol. The molecule has 2 rings (SSSR count). The van der Waals surface area contributed by atoms with Gasteiger partial charge in [0, 0.05) is 11.7 Å². The number of rotatable bonds is 3. The molecule has 0 spiro atoms. The molecule has 1 aliphatic heterocycles. The maximum Gasteiger partial charge on any atom is 0.176 e. The Labute approximate surface area is 92.9 Å². The van der Waals surface area contributed by atoms with Gasteiger partial charge in [0.15, 0.2) is 5.78 Å². The predicted molar refractivity (Wildman–Crippen MR) is 63.5 cm³/mol. The molecule has 1 fully saturated rings. The number of thiophene rings is 1. The lowest BCUT2D eigenvalue weighted by Gasteiger charge is -2.06. The minimum atomic E-state index is 0.295. The first-order valence-corrected chi connectivity index (χ1v) is 7.04. The molecule has 1 aliphatic rings. The quantitative estimate of drug-likeness (QED) is 0.736. The second-order valence-corrected chi connectivity index (χ2v) is 5.62. The number of Topliss-reactive ketones (excluding diaryl/α,β-unsaturated/α-hetero) is 1. The lowest BCUT2D eigenvalue weighted by Crippen LogP contribution is -2.13. The fourth-order valence-electron chi connectivity index (χ4n) is 1.76. The molecule has 0 bridgehead atoms. The van der Waals surface area contributed by atoms with Gasteiger partial charge >= 0.3 is 0 Å². The van der Waals surface area contributed by atoms with Gasteiger partial charge in [-0.2, -0.15) is 11.8 Å². The third-order valence-corrected chi connectivity index (χ3v) is 4.79. The molecule has 1 atom stereocenters. The Morgan fingerprint density at radius 1 is 1.64 bits per heavy atom. The summed E-state index contributed by atoms with van der Waals surface area (Å²) < 4.78 is 0. The minimum absolute atomic E-state index is 0.295. The second-order valence-electron chi connectivity index (χ2n) is 3.55. The summed E-state index contributed by atoms with van der Waals surface area (Å²) in [7, 11) is 0. The Hall–Kier alpha value is -0.280. The van der Waals surface area contributed by atoms with Gasteiger partial charge in [-0.25, -0.2) is 0 Å². The Balaban J connectivity index is 2.17. The summed E-state index contributed by atoms with van der Waals surface area (Å²) in [6.45, 7) is 2.11. The molecule has 0 aromatic carbocycles. The Kier molecular flexibility index (Phi) is 3.29. The summed E-state index contributed by atoms with van der Waals surface area (Å²) >= 11 is 3.52. The van der Waals surface area contributed by atoms with E-state index in [0.717, 1.165) is 29.2 Å². The highest BCUT2D eigenvalue weighted by molar-refractivity contribution is 7.99. The van der Waals surface area contributed by atoms with Crippen molar-refractivity contribution in [2.45, 2.75) is 19.8 Å². The van der Waals surface area contributed by atoms with Crippen molar-refractivity contribution in [1.29, 1.82) is 0 Å². The van der Waals surface area contributed by atoms with Crippen molar-refractivity contribution < 1.29 is 4.79 Å². The minimum Gasteiger partial charge on any atom is -0.293 e. The first-order valence-electron chi connectivity index (χ1n) is 5.01. The first-order chi connectivity index (χ1) is 6.83. The molecule has 0 aliphatic carbocycles.